The molecule has 0 saturated heterocycles. The molecule has 0 saturated carbocycles. The lowest BCUT2D eigenvalue weighted by Crippen LogP contribution is -2.42. The average Bonchev–Trinajstić information content (AvgIpc) is 3.14. The second kappa shape index (κ2) is 5.90. The van der Waals surface area contributed by atoms with Crippen molar-refractivity contribution < 1.29 is 4.79 Å². The predicted molar refractivity (Wildman–Crippen MR) is 80.9 cm³/mol. The fraction of sp³-hybridized carbons (Fsp3) is 0.600. The summed E-state index contributed by atoms with van der Waals surface area (Å²) in [6, 6.07) is 1.87. The molecule has 0 aromatic carbocycles. The first-order chi connectivity index (χ1) is 10.6. The summed E-state index contributed by atoms with van der Waals surface area (Å²) in [5.74, 6) is 2.29. The summed E-state index contributed by atoms with van der Waals surface area (Å²) in [7, 11) is 0. The zero-order valence-electron chi connectivity index (χ0n) is 13.3. The third-order valence-corrected chi connectivity index (χ3v) is 4.05. The van der Waals surface area contributed by atoms with Gasteiger partial charge in [0.15, 0.2) is 5.82 Å². The molecule has 0 radical (unpaired) electrons. The summed E-state index contributed by atoms with van der Waals surface area (Å²) < 4.78 is 3.94. The van der Waals surface area contributed by atoms with E-state index in [4.69, 9.17) is 0 Å². The van der Waals surface area contributed by atoms with Crippen molar-refractivity contribution in [3.05, 3.63) is 30.1 Å². The minimum atomic E-state index is -0.0982. The highest BCUT2D eigenvalue weighted by atomic mass is 16.2. The lowest BCUT2D eigenvalue weighted by molar-refractivity contribution is -0.137. The van der Waals surface area contributed by atoms with Gasteiger partial charge in [0.05, 0.1) is 19.0 Å². The maximum absolute atomic E-state index is 12.6. The average molecular weight is 302 g/mol. The van der Waals surface area contributed by atoms with Crippen LogP contribution in [-0.2, 0) is 24.4 Å². The number of carbonyl (C=O) groups is 1. The Morgan fingerprint density at radius 2 is 2.09 bits per heavy atom. The standard InChI is InChI=1S/C15H22N6O/c1-11(2)14-18-17-13-10-19(7-8-21(13)14)15(22)12(3)9-20-6-4-5-16-20/h4-6,11-12H,7-10H2,1-3H3/t12-/m1/s1. The van der Waals surface area contributed by atoms with Gasteiger partial charge in [0, 0.05) is 31.4 Å². The number of hydrogen-bond donors (Lipinski definition) is 0. The van der Waals surface area contributed by atoms with Crippen LogP contribution in [0.1, 0.15) is 38.3 Å². The van der Waals surface area contributed by atoms with Crippen LogP contribution in [0.5, 0.6) is 0 Å². The van der Waals surface area contributed by atoms with E-state index < -0.39 is 0 Å². The molecule has 0 aliphatic carbocycles. The molecule has 1 aliphatic rings. The zero-order chi connectivity index (χ0) is 15.7. The highest BCUT2D eigenvalue weighted by Gasteiger charge is 2.28. The molecule has 7 heteroatoms. The predicted octanol–water partition coefficient (Wildman–Crippen LogP) is 1.28. The lowest BCUT2D eigenvalue weighted by Gasteiger charge is -2.30. The second-order valence-corrected chi connectivity index (χ2v) is 6.17. The van der Waals surface area contributed by atoms with Gasteiger partial charge in [-0.2, -0.15) is 5.10 Å². The molecule has 3 heterocycles. The van der Waals surface area contributed by atoms with Crippen molar-refractivity contribution in [2.24, 2.45) is 5.92 Å². The number of aromatic nitrogens is 5. The molecule has 1 aliphatic heterocycles. The van der Waals surface area contributed by atoms with E-state index in [-0.39, 0.29) is 11.8 Å². The van der Waals surface area contributed by atoms with Crippen molar-refractivity contribution in [1.82, 2.24) is 29.4 Å². The Morgan fingerprint density at radius 3 is 2.77 bits per heavy atom. The highest BCUT2D eigenvalue weighted by Crippen LogP contribution is 2.19. The van der Waals surface area contributed by atoms with Gasteiger partial charge >= 0.3 is 0 Å². The summed E-state index contributed by atoms with van der Waals surface area (Å²) in [5.41, 5.74) is 0. The molecule has 0 bridgehead atoms. The van der Waals surface area contributed by atoms with Gasteiger partial charge in [-0.15, -0.1) is 10.2 Å². The highest BCUT2D eigenvalue weighted by molar-refractivity contribution is 5.78. The maximum Gasteiger partial charge on any atom is 0.227 e. The van der Waals surface area contributed by atoms with E-state index in [0.29, 0.717) is 25.6 Å². The van der Waals surface area contributed by atoms with Crippen molar-refractivity contribution in [2.75, 3.05) is 6.54 Å². The van der Waals surface area contributed by atoms with Gasteiger partial charge in [0.1, 0.15) is 5.82 Å². The first-order valence-corrected chi connectivity index (χ1v) is 7.74. The van der Waals surface area contributed by atoms with Crippen LogP contribution in [-0.4, -0.2) is 41.9 Å². The van der Waals surface area contributed by atoms with Crippen molar-refractivity contribution in [1.29, 1.82) is 0 Å². The number of nitrogens with zero attached hydrogens (tertiary/aromatic N) is 6. The number of carbonyl (C=O) groups excluding carboxylic acids is 1. The first-order valence-electron chi connectivity index (χ1n) is 7.74. The second-order valence-electron chi connectivity index (χ2n) is 6.17. The molecule has 7 nitrogen and oxygen atoms in total. The van der Waals surface area contributed by atoms with Gasteiger partial charge in [-0.25, -0.2) is 0 Å². The molecular weight excluding hydrogens is 280 g/mol. The number of amides is 1. The number of hydrogen-bond acceptors (Lipinski definition) is 4. The Labute approximate surface area is 129 Å². The summed E-state index contributed by atoms with van der Waals surface area (Å²) in [5, 5.41) is 12.7. The molecule has 2 aromatic heterocycles. The number of fused-ring (bicyclic) bond motifs is 1. The van der Waals surface area contributed by atoms with E-state index in [2.05, 4.69) is 33.7 Å². The third-order valence-electron chi connectivity index (χ3n) is 4.05. The van der Waals surface area contributed by atoms with Crippen molar-refractivity contribution >= 4 is 5.91 Å². The molecule has 0 N–H and O–H groups in total. The summed E-state index contributed by atoms with van der Waals surface area (Å²) in [4.78, 5) is 14.5. The molecule has 1 amide bonds. The maximum atomic E-state index is 12.6. The van der Waals surface area contributed by atoms with Crippen LogP contribution in [0.3, 0.4) is 0 Å². The van der Waals surface area contributed by atoms with Gasteiger partial charge in [0.2, 0.25) is 5.91 Å². The van der Waals surface area contributed by atoms with Gasteiger partial charge in [0.25, 0.3) is 0 Å². The molecule has 0 unspecified atom stereocenters. The quantitative estimate of drug-likeness (QED) is 0.853. The van der Waals surface area contributed by atoms with E-state index in [1.165, 1.54) is 0 Å². The summed E-state index contributed by atoms with van der Waals surface area (Å²) in [6.07, 6.45) is 3.61. The van der Waals surface area contributed by atoms with E-state index in [0.717, 1.165) is 18.2 Å². The van der Waals surface area contributed by atoms with Crippen LogP contribution < -0.4 is 0 Å². The summed E-state index contributed by atoms with van der Waals surface area (Å²) >= 11 is 0. The molecule has 22 heavy (non-hydrogen) atoms. The van der Waals surface area contributed by atoms with E-state index in [1.54, 1.807) is 10.9 Å². The molecule has 118 valence electrons. The van der Waals surface area contributed by atoms with E-state index >= 15 is 0 Å². The van der Waals surface area contributed by atoms with Gasteiger partial charge in [-0.05, 0) is 6.07 Å². The monoisotopic (exact) mass is 302 g/mol. The Morgan fingerprint density at radius 1 is 1.27 bits per heavy atom. The van der Waals surface area contributed by atoms with Crippen LogP contribution >= 0.6 is 0 Å². The zero-order valence-corrected chi connectivity index (χ0v) is 13.3. The molecule has 1 atom stereocenters. The largest absolute Gasteiger partial charge is 0.333 e. The van der Waals surface area contributed by atoms with Gasteiger partial charge < -0.3 is 9.47 Å². The van der Waals surface area contributed by atoms with Crippen molar-refractivity contribution in [3.63, 3.8) is 0 Å². The molecule has 3 rings (SSSR count). The van der Waals surface area contributed by atoms with Crippen LogP contribution in [0, 0.1) is 5.92 Å². The molecule has 2 aromatic rings. The van der Waals surface area contributed by atoms with Crippen LogP contribution in [0.2, 0.25) is 0 Å². The number of rotatable bonds is 4. The van der Waals surface area contributed by atoms with Crippen molar-refractivity contribution in [2.45, 2.75) is 46.3 Å². The lowest BCUT2D eigenvalue weighted by atomic mass is 10.1. The molecule has 0 fully saturated rings. The van der Waals surface area contributed by atoms with E-state index in [9.17, 15) is 4.79 Å². The normalized spacial score (nSPS) is 15.9. The van der Waals surface area contributed by atoms with Gasteiger partial charge in [-0.1, -0.05) is 20.8 Å². The fourth-order valence-corrected chi connectivity index (χ4v) is 2.87. The smallest absolute Gasteiger partial charge is 0.227 e. The van der Waals surface area contributed by atoms with E-state index in [1.807, 2.05) is 24.1 Å². The molecular formula is C15H22N6O. The summed E-state index contributed by atoms with van der Waals surface area (Å²) in [6.45, 7) is 8.81. The van der Waals surface area contributed by atoms with Crippen molar-refractivity contribution in [3.8, 4) is 0 Å². The van der Waals surface area contributed by atoms with Crippen LogP contribution in [0.25, 0.3) is 0 Å². The van der Waals surface area contributed by atoms with Crippen LogP contribution in [0.4, 0.5) is 0 Å². The first kappa shape index (κ1) is 14.7. The van der Waals surface area contributed by atoms with Gasteiger partial charge in [-0.3, -0.25) is 9.48 Å². The Kier molecular flexibility index (Phi) is 3.96. The fourth-order valence-electron chi connectivity index (χ4n) is 2.87. The third kappa shape index (κ3) is 2.75. The minimum absolute atomic E-state index is 0.0982. The Hall–Kier alpha value is -2.18. The molecule has 0 spiro atoms. The Bertz CT molecular complexity index is 645. The Balaban J connectivity index is 1.67. The topological polar surface area (TPSA) is 68.8 Å². The minimum Gasteiger partial charge on any atom is -0.333 e. The SMILES string of the molecule is CC(C)c1nnc2n1CCN(C(=O)[C@H](C)Cn1cccn1)C2. The van der Waals surface area contributed by atoms with Crippen LogP contribution in [0.15, 0.2) is 18.5 Å².